The van der Waals surface area contributed by atoms with Crippen LogP contribution in [-0.2, 0) is 0 Å². The molecule has 1 atom stereocenters. The molecule has 14 heavy (non-hydrogen) atoms. The quantitative estimate of drug-likeness (QED) is 0.814. The predicted molar refractivity (Wildman–Crippen MR) is 60.5 cm³/mol. The highest BCUT2D eigenvalue weighted by atomic mass is 32.1. The Hall–Kier alpha value is -0.410. The predicted octanol–water partition coefficient (Wildman–Crippen LogP) is 3.31. The van der Waals surface area contributed by atoms with Crippen molar-refractivity contribution < 1.29 is 5.11 Å². The van der Waals surface area contributed by atoms with Gasteiger partial charge in [-0.1, -0.05) is 26.7 Å². The van der Waals surface area contributed by atoms with Gasteiger partial charge in [0, 0.05) is 0 Å². The SMILES string of the molecule is CCC(CC)CC(O)c1scnc1C. The fourth-order valence-corrected chi connectivity index (χ4v) is 2.48. The summed E-state index contributed by atoms with van der Waals surface area (Å²) < 4.78 is 0. The van der Waals surface area contributed by atoms with E-state index in [0.717, 1.165) is 29.8 Å². The summed E-state index contributed by atoms with van der Waals surface area (Å²) >= 11 is 1.56. The Labute approximate surface area is 90.0 Å². The minimum absolute atomic E-state index is 0.313. The number of hydrogen-bond donors (Lipinski definition) is 1. The number of hydrogen-bond acceptors (Lipinski definition) is 3. The molecule has 0 fully saturated rings. The zero-order valence-corrected chi connectivity index (χ0v) is 9.97. The van der Waals surface area contributed by atoms with E-state index >= 15 is 0 Å². The summed E-state index contributed by atoms with van der Waals surface area (Å²) in [7, 11) is 0. The van der Waals surface area contributed by atoms with Crippen molar-refractivity contribution in [2.75, 3.05) is 0 Å². The van der Waals surface area contributed by atoms with Gasteiger partial charge < -0.3 is 5.11 Å². The van der Waals surface area contributed by atoms with Crippen LogP contribution in [0, 0.1) is 12.8 Å². The van der Waals surface area contributed by atoms with Crippen molar-refractivity contribution in [3.05, 3.63) is 16.1 Å². The molecule has 1 rings (SSSR count). The Kier molecular flexibility index (Phi) is 4.55. The molecule has 2 nitrogen and oxygen atoms in total. The minimum Gasteiger partial charge on any atom is -0.387 e. The Bertz CT molecular complexity index is 268. The van der Waals surface area contributed by atoms with E-state index < -0.39 is 0 Å². The minimum atomic E-state index is -0.313. The lowest BCUT2D eigenvalue weighted by atomic mass is 9.95. The van der Waals surface area contributed by atoms with Crippen LogP contribution < -0.4 is 0 Å². The standard InChI is InChI=1S/C11H19NOS/c1-4-9(5-2)6-10(13)11-8(3)12-7-14-11/h7,9-10,13H,4-6H2,1-3H3. The summed E-state index contributed by atoms with van der Waals surface area (Å²) in [6.07, 6.45) is 2.85. The first-order chi connectivity index (χ1) is 6.69. The van der Waals surface area contributed by atoms with Crippen molar-refractivity contribution >= 4 is 11.3 Å². The van der Waals surface area contributed by atoms with E-state index in [4.69, 9.17) is 0 Å². The maximum absolute atomic E-state index is 9.99. The van der Waals surface area contributed by atoms with E-state index in [0.29, 0.717) is 5.92 Å². The summed E-state index contributed by atoms with van der Waals surface area (Å²) in [4.78, 5) is 5.19. The number of thiazole rings is 1. The monoisotopic (exact) mass is 213 g/mol. The Balaban J connectivity index is 2.58. The van der Waals surface area contributed by atoms with E-state index in [-0.39, 0.29) is 6.10 Å². The van der Waals surface area contributed by atoms with Crippen LogP contribution in [0.5, 0.6) is 0 Å². The van der Waals surface area contributed by atoms with Crippen molar-refractivity contribution in [2.45, 2.75) is 46.1 Å². The van der Waals surface area contributed by atoms with E-state index in [2.05, 4.69) is 18.8 Å². The van der Waals surface area contributed by atoms with E-state index in [1.807, 2.05) is 6.92 Å². The van der Waals surface area contributed by atoms with Crippen molar-refractivity contribution in [3.8, 4) is 0 Å². The molecular formula is C11H19NOS. The van der Waals surface area contributed by atoms with Gasteiger partial charge in [-0.15, -0.1) is 11.3 Å². The number of nitrogens with zero attached hydrogens (tertiary/aromatic N) is 1. The number of aliphatic hydroxyl groups is 1. The third-order valence-electron chi connectivity index (χ3n) is 2.80. The normalized spacial score (nSPS) is 13.5. The Morgan fingerprint density at radius 1 is 1.43 bits per heavy atom. The second kappa shape index (κ2) is 5.47. The van der Waals surface area contributed by atoms with Gasteiger partial charge in [-0.2, -0.15) is 0 Å². The van der Waals surface area contributed by atoms with Gasteiger partial charge in [0.1, 0.15) is 0 Å². The van der Waals surface area contributed by atoms with Gasteiger partial charge in [0.2, 0.25) is 0 Å². The van der Waals surface area contributed by atoms with Crippen LogP contribution in [0.2, 0.25) is 0 Å². The average Bonchev–Trinajstić information content (AvgIpc) is 2.60. The van der Waals surface area contributed by atoms with Crippen molar-refractivity contribution in [2.24, 2.45) is 5.92 Å². The first-order valence-electron chi connectivity index (χ1n) is 5.27. The summed E-state index contributed by atoms with van der Waals surface area (Å²) in [5.74, 6) is 0.631. The largest absolute Gasteiger partial charge is 0.387 e. The van der Waals surface area contributed by atoms with Crippen LogP contribution in [0.25, 0.3) is 0 Å². The smallest absolute Gasteiger partial charge is 0.0903 e. The number of aryl methyl sites for hydroxylation is 1. The third-order valence-corrected chi connectivity index (χ3v) is 3.83. The van der Waals surface area contributed by atoms with Crippen molar-refractivity contribution in [3.63, 3.8) is 0 Å². The lowest BCUT2D eigenvalue weighted by Crippen LogP contribution is -2.05. The summed E-state index contributed by atoms with van der Waals surface area (Å²) in [6.45, 7) is 6.32. The van der Waals surface area contributed by atoms with Gasteiger partial charge in [0.15, 0.2) is 0 Å². The van der Waals surface area contributed by atoms with E-state index in [1.165, 1.54) is 0 Å². The molecule has 1 N–H and O–H groups in total. The van der Waals surface area contributed by atoms with E-state index in [1.54, 1.807) is 16.8 Å². The second-order valence-corrected chi connectivity index (χ2v) is 4.62. The molecule has 1 aromatic rings. The van der Waals surface area contributed by atoms with Crippen LogP contribution in [0.1, 0.15) is 49.8 Å². The molecule has 1 unspecified atom stereocenters. The molecule has 1 heterocycles. The summed E-state index contributed by atoms with van der Waals surface area (Å²) in [5.41, 5.74) is 2.79. The van der Waals surface area contributed by atoms with Gasteiger partial charge in [-0.05, 0) is 19.3 Å². The molecule has 0 radical (unpaired) electrons. The lowest BCUT2D eigenvalue weighted by molar-refractivity contribution is 0.144. The average molecular weight is 213 g/mol. The number of aliphatic hydroxyl groups excluding tert-OH is 1. The fourth-order valence-electron chi connectivity index (χ4n) is 1.68. The first-order valence-corrected chi connectivity index (χ1v) is 6.15. The summed E-state index contributed by atoms with van der Waals surface area (Å²) in [5, 5.41) is 9.99. The third kappa shape index (κ3) is 2.79. The maximum Gasteiger partial charge on any atom is 0.0903 e. The molecule has 0 bridgehead atoms. The van der Waals surface area contributed by atoms with Crippen LogP contribution in [0.3, 0.4) is 0 Å². The molecule has 0 saturated heterocycles. The van der Waals surface area contributed by atoms with Crippen molar-refractivity contribution in [1.82, 2.24) is 4.98 Å². The molecule has 3 heteroatoms. The highest BCUT2D eigenvalue weighted by Gasteiger charge is 2.16. The van der Waals surface area contributed by atoms with Crippen LogP contribution in [-0.4, -0.2) is 10.1 Å². The molecule has 0 amide bonds. The molecular weight excluding hydrogens is 194 g/mol. The van der Waals surface area contributed by atoms with Gasteiger partial charge in [-0.25, -0.2) is 4.98 Å². The molecule has 1 aromatic heterocycles. The fraction of sp³-hybridized carbons (Fsp3) is 0.727. The molecule has 0 spiro atoms. The van der Waals surface area contributed by atoms with Gasteiger partial charge >= 0.3 is 0 Å². The highest BCUT2D eigenvalue weighted by Crippen LogP contribution is 2.29. The topological polar surface area (TPSA) is 33.1 Å². The zero-order chi connectivity index (χ0) is 10.6. The molecule has 0 aliphatic carbocycles. The number of rotatable bonds is 5. The lowest BCUT2D eigenvalue weighted by Gasteiger charge is -2.16. The van der Waals surface area contributed by atoms with Crippen LogP contribution in [0.15, 0.2) is 5.51 Å². The van der Waals surface area contributed by atoms with Gasteiger partial charge in [0.25, 0.3) is 0 Å². The molecule has 0 aliphatic rings. The summed E-state index contributed by atoms with van der Waals surface area (Å²) in [6, 6.07) is 0. The Morgan fingerprint density at radius 2 is 2.07 bits per heavy atom. The molecule has 80 valence electrons. The second-order valence-electron chi connectivity index (χ2n) is 3.74. The van der Waals surface area contributed by atoms with E-state index in [9.17, 15) is 5.11 Å². The Morgan fingerprint density at radius 3 is 2.50 bits per heavy atom. The molecule has 0 aliphatic heterocycles. The van der Waals surface area contributed by atoms with Crippen LogP contribution in [0.4, 0.5) is 0 Å². The zero-order valence-electron chi connectivity index (χ0n) is 9.16. The molecule has 0 aromatic carbocycles. The maximum atomic E-state index is 9.99. The first kappa shape index (κ1) is 11.7. The number of aromatic nitrogens is 1. The highest BCUT2D eigenvalue weighted by molar-refractivity contribution is 7.09. The molecule has 0 saturated carbocycles. The van der Waals surface area contributed by atoms with Crippen molar-refractivity contribution in [1.29, 1.82) is 0 Å². The van der Waals surface area contributed by atoms with Gasteiger partial charge in [-0.3, -0.25) is 0 Å². The van der Waals surface area contributed by atoms with Crippen LogP contribution >= 0.6 is 11.3 Å². The van der Waals surface area contributed by atoms with Gasteiger partial charge in [0.05, 0.1) is 22.2 Å².